The van der Waals surface area contributed by atoms with E-state index in [1.807, 2.05) is 24.3 Å². The van der Waals surface area contributed by atoms with Gasteiger partial charge in [-0.1, -0.05) is 23.4 Å². The van der Waals surface area contributed by atoms with Crippen LogP contribution in [0, 0.1) is 0 Å². The van der Waals surface area contributed by atoms with Crippen LogP contribution in [-0.2, 0) is 5.54 Å². The number of fused-ring (bicyclic) bond motifs is 1. The highest BCUT2D eigenvalue weighted by Gasteiger charge is 2.39. The molecule has 114 valence electrons. The van der Waals surface area contributed by atoms with Crippen LogP contribution in [0.15, 0.2) is 39.6 Å². The number of hydrogen-bond donors (Lipinski definition) is 2. The number of rotatable bonds is 2. The zero-order valence-corrected chi connectivity index (χ0v) is 12.5. The van der Waals surface area contributed by atoms with Crippen LogP contribution in [0.2, 0.25) is 0 Å². The fourth-order valence-electron chi connectivity index (χ4n) is 2.62. The molecule has 0 amide bonds. The first-order valence-corrected chi connectivity index (χ1v) is 6.91. The Balaban J connectivity index is 0.00000144. The summed E-state index contributed by atoms with van der Waals surface area (Å²) in [7, 11) is 0. The van der Waals surface area contributed by atoms with Crippen molar-refractivity contribution in [3.8, 4) is 11.5 Å². The minimum Gasteiger partial charge on any atom is -0.334 e. The Bertz CT molecular complexity index is 882. The lowest BCUT2D eigenvalue weighted by molar-refractivity contribution is 0.229. The van der Waals surface area contributed by atoms with E-state index < -0.39 is 5.54 Å². The molecule has 2 aromatic heterocycles. The van der Waals surface area contributed by atoms with Gasteiger partial charge < -0.3 is 15.2 Å². The number of hydrogen-bond acceptors (Lipinski definition) is 5. The molecule has 0 spiro atoms. The second-order valence-corrected chi connectivity index (χ2v) is 5.53. The van der Waals surface area contributed by atoms with E-state index in [2.05, 4.69) is 15.1 Å². The molecule has 3 aromatic rings. The lowest BCUT2D eigenvalue weighted by Gasteiger charge is -2.34. The Hall–Kier alpha value is -2.18. The standard InChI is InChI=1S/C15H14N4O2.ClH/c16-15(6-3-7-15)14-18-13(21-19-14)10-8-9-4-1-2-5-11(9)17-12(10)20;/h1-2,4-5,8H,3,6-7,16H2,(H,17,20);1H. The molecule has 1 fully saturated rings. The predicted octanol–water partition coefficient (Wildman–Crippen LogP) is 2.34. The van der Waals surface area contributed by atoms with Crippen LogP contribution in [0.1, 0.15) is 25.1 Å². The van der Waals surface area contributed by atoms with Crippen LogP contribution in [0.3, 0.4) is 0 Å². The Labute approximate surface area is 132 Å². The van der Waals surface area contributed by atoms with Crippen molar-refractivity contribution in [3.63, 3.8) is 0 Å². The average Bonchev–Trinajstić information content (AvgIpc) is 2.94. The Morgan fingerprint density at radius 2 is 2.05 bits per heavy atom. The van der Waals surface area contributed by atoms with Gasteiger partial charge in [0.25, 0.3) is 11.4 Å². The van der Waals surface area contributed by atoms with Crippen LogP contribution >= 0.6 is 12.4 Å². The monoisotopic (exact) mass is 318 g/mol. The molecular weight excluding hydrogens is 304 g/mol. The molecule has 1 aliphatic carbocycles. The smallest absolute Gasteiger partial charge is 0.263 e. The van der Waals surface area contributed by atoms with Gasteiger partial charge in [0.2, 0.25) is 0 Å². The van der Waals surface area contributed by atoms with Crippen molar-refractivity contribution in [2.75, 3.05) is 0 Å². The van der Waals surface area contributed by atoms with Gasteiger partial charge >= 0.3 is 0 Å². The molecule has 7 heteroatoms. The van der Waals surface area contributed by atoms with Crippen LogP contribution in [0.4, 0.5) is 0 Å². The highest BCUT2D eigenvalue weighted by molar-refractivity contribution is 5.85. The van der Waals surface area contributed by atoms with Crippen molar-refractivity contribution >= 4 is 23.3 Å². The topological polar surface area (TPSA) is 97.8 Å². The second kappa shape index (κ2) is 5.23. The van der Waals surface area contributed by atoms with Gasteiger partial charge in [0.1, 0.15) is 5.56 Å². The first-order chi connectivity index (χ1) is 10.2. The van der Waals surface area contributed by atoms with E-state index in [1.165, 1.54) is 0 Å². The summed E-state index contributed by atoms with van der Waals surface area (Å²) in [4.78, 5) is 19.3. The van der Waals surface area contributed by atoms with E-state index in [0.29, 0.717) is 11.4 Å². The lowest BCUT2D eigenvalue weighted by Crippen LogP contribution is -2.44. The van der Waals surface area contributed by atoms with Crippen LogP contribution in [0.5, 0.6) is 0 Å². The number of nitrogens with two attached hydrogens (primary N) is 1. The number of para-hydroxylation sites is 1. The molecular formula is C15H15ClN4O2. The van der Waals surface area contributed by atoms with E-state index in [4.69, 9.17) is 10.3 Å². The lowest BCUT2D eigenvalue weighted by atomic mass is 9.77. The van der Waals surface area contributed by atoms with E-state index in [0.717, 1.165) is 30.2 Å². The first kappa shape index (κ1) is 14.7. The van der Waals surface area contributed by atoms with Gasteiger partial charge in [0.15, 0.2) is 5.82 Å². The summed E-state index contributed by atoms with van der Waals surface area (Å²) in [5.74, 6) is 0.699. The van der Waals surface area contributed by atoms with Crippen LogP contribution < -0.4 is 11.3 Å². The fraction of sp³-hybridized carbons (Fsp3) is 0.267. The van der Waals surface area contributed by atoms with E-state index >= 15 is 0 Å². The van der Waals surface area contributed by atoms with Gasteiger partial charge in [0.05, 0.1) is 5.54 Å². The van der Waals surface area contributed by atoms with Crippen molar-refractivity contribution < 1.29 is 4.52 Å². The van der Waals surface area contributed by atoms with Crippen molar-refractivity contribution in [2.24, 2.45) is 5.73 Å². The summed E-state index contributed by atoms with van der Waals surface area (Å²) in [6.07, 6.45) is 2.76. The fourth-order valence-corrected chi connectivity index (χ4v) is 2.62. The molecule has 0 unspecified atom stereocenters. The first-order valence-electron chi connectivity index (χ1n) is 6.91. The number of H-pyrrole nitrogens is 1. The number of nitrogens with one attached hydrogen (secondary N) is 1. The number of aromatic nitrogens is 3. The predicted molar refractivity (Wildman–Crippen MR) is 84.8 cm³/mol. The molecule has 0 atom stereocenters. The van der Waals surface area contributed by atoms with E-state index in [1.54, 1.807) is 6.07 Å². The minimum atomic E-state index is -0.495. The zero-order valence-electron chi connectivity index (χ0n) is 11.7. The molecule has 6 nitrogen and oxygen atoms in total. The van der Waals surface area contributed by atoms with Crippen molar-refractivity contribution in [3.05, 3.63) is 46.5 Å². The quantitative estimate of drug-likeness (QED) is 0.755. The third-order valence-electron chi connectivity index (χ3n) is 4.10. The van der Waals surface area contributed by atoms with Crippen LogP contribution in [0.25, 0.3) is 22.4 Å². The SMILES string of the molecule is Cl.NC1(c2noc(-c3cc4ccccc4[nH]c3=O)n2)CCC1. The summed E-state index contributed by atoms with van der Waals surface area (Å²) in [5, 5.41) is 4.86. The number of halogens is 1. The molecule has 22 heavy (non-hydrogen) atoms. The van der Waals surface area contributed by atoms with Gasteiger partial charge in [-0.3, -0.25) is 4.79 Å². The molecule has 1 aromatic carbocycles. The van der Waals surface area contributed by atoms with Gasteiger partial charge in [0, 0.05) is 5.52 Å². The largest absolute Gasteiger partial charge is 0.334 e. The van der Waals surface area contributed by atoms with Gasteiger partial charge in [-0.15, -0.1) is 12.4 Å². The van der Waals surface area contributed by atoms with Crippen molar-refractivity contribution in [1.29, 1.82) is 0 Å². The number of nitrogens with zero attached hydrogens (tertiary/aromatic N) is 2. The zero-order chi connectivity index (χ0) is 14.4. The van der Waals surface area contributed by atoms with Gasteiger partial charge in [-0.25, -0.2) is 0 Å². The maximum atomic E-state index is 12.2. The van der Waals surface area contributed by atoms with E-state index in [-0.39, 0.29) is 23.9 Å². The Kier molecular flexibility index (Phi) is 3.50. The molecule has 4 rings (SSSR count). The van der Waals surface area contributed by atoms with Gasteiger partial charge in [-0.05, 0) is 36.8 Å². The normalized spacial score (nSPS) is 16.0. The summed E-state index contributed by atoms with van der Waals surface area (Å²) in [6.45, 7) is 0. The molecule has 0 saturated heterocycles. The maximum Gasteiger partial charge on any atom is 0.263 e. The third-order valence-corrected chi connectivity index (χ3v) is 4.10. The number of aromatic amines is 1. The molecule has 0 aliphatic heterocycles. The number of pyridine rings is 1. The molecule has 0 radical (unpaired) electrons. The van der Waals surface area contributed by atoms with Crippen LogP contribution in [-0.4, -0.2) is 15.1 Å². The van der Waals surface area contributed by atoms with Crippen molar-refractivity contribution in [2.45, 2.75) is 24.8 Å². The Morgan fingerprint density at radius 1 is 1.27 bits per heavy atom. The summed E-state index contributed by atoms with van der Waals surface area (Å²) < 4.78 is 5.24. The summed E-state index contributed by atoms with van der Waals surface area (Å²) in [5.41, 5.74) is 6.58. The highest BCUT2D eigenvalue weighted by atomic mass is 35.5. The third kappa shape index (κ3) is 2.20. The summed E-state index contributed by atoms with van der Waals surface area (Å²) >= 11 is 0. The Morgan fingerprint density at radius 3 is 2.77 bits per heavy atom. The molecule has 2 heterocycles. The maximum absolute atomic E-state index is 12.2. The average molecular weight is 319 g/mol. The highest BCUT2D eigenvalue weighted by Crippen LogP contribution is 2.37. The molecule has 0 bridgehead atoms. The number of benzene rings is 1. The summed E-state index contributed by atoms with van der Waals surface area (Å²) in [6, 6.07) is 9.31. The molecule has 1 saturated carbocycles. The molecule has 3 N–H and O–H groups in total. The van der Waals surface area contributed by atoms with E-state index in [9.17, 15) is 4.79 Å². The van der Waals surface area contributed by atoms with Gasteiger partial charge in [-0.2, -0.15) is 4.98 Å². The van der Waals surface area contributed by atoms with Crippen molar-refractivity contribution in [1.82, 2.24) is 15.1 Å². The molecule has 1 aliphatic rings. The second-order valence-electron chi connectivity index (χ2n) is 5.53. The minimum absolute atomic E-state index is 0.